The molecule has 0 atom stereocenters. The fraction of sp³-hybridized carbons (Fsp3) is 0.765. The van der Waals surface area contributed by atoms with Gasteiger partial charge in [0.05, 0.1) is 103 Å². The topological polar surface area (TPSA) is 437 Å². The number of nitrogens with one attached hydrogen (secondary N) is 3. The largest absolute Gasteiger partial charge is 0.481 e. The van der Waals surface area contributed by atoms with E-state index in [2.05, 4.69) is 16.0 Å². The van der Waals surface area contributed by atoms with Gasteiger partial charge in [0.15, 0.2) is 0 Å². The number of ether oxygens (including phenoxy) is 11. The highest BCUT2D eigenvalue weighted by molar-refractivity contribution is 6.02. The minimum atomic E-state index is -1.20. The zero-order valence-corrected chi connectivity index (χ0v) is 74.2. The number of carboxylic acid groups (broad SMARTS) is 3. The zero-order valence-electron chi connectivity index (χ0n) is 74.2. The standard InChI is InChI=1S/3C19H35NO6.C16H20O6.2C6H12O2/c3*1-5-7-13-24-16(21)11-9-8-10-14-26-18(23)20-12-15-25-17(22)19(3,4)6-2;1-4-16(2,3)15(20)22-10-9-21-14(19)12-8-6-5-7-11(12)13(17)18;2*1-4-6(2,3)5(7)8/h3*5-15H2,1-4H3,(H,20,23);5-8H,4,9-10H2,1-3H3,(H,17,18);2*4H2,1-3H3,(H,7,8). The summed E-state index contributed by atoms with van der Waals surface area (Å²) >= 11 is 0. The zero-order chi connectivity index (χ0) is 89.8. The molecule has 0 spiro atoms. The number of carbonyl (C=O) groups excluding carboxylic acids is 11. The van der Waals surface area contributed by atoms with E-state index in [9.17, 15) is 67.1 Å². The average Bonchev–Trinajstić information content (AvgIpc) is 0.932. The number of aliphatic carboxylic acids is 2. The van der Waals surface area contributed by atoms with Crippen molar-refractivity contribution in [1.29, 1.82) is 0 Å². The lowest BCUT2D eigenvalue weighted by molar-refractivity contribution is -0.155. The van der Waals surface area contributed by atoms with Crippen molar-refractivity contribution < 1.29 is 135 Å². The summed E-state index contributed by atoms with van der Waals surface area (Å²) in [4.78, 5) is 159. The Balaban J connectivity index is -0.000000443. The first-order valence-electron chi connectivity index (χ1n) is 41.1. The number of carbonyl (C=O) groups is 14. The predicted octanol–water partition coefficient (Wildman–Crippen LogP) is 16.3. The summed E-state index contributed by atoms with van der Waals surface area (Å²) in [7, 11) is 0. The monoisotopic (exact) mass is 1660 g/mol. The second-order valence-corrected chi connectivity index (χ2v) is 30.9. The molecule has 6 N–H and O–H groups in total. The smallest absolute Gasteiger partial charge is 0.407 e. The fourth-order valence-electron chi connectivity index (χ4n) is 7.25. The van der Waals surface area contributed by atoms with Crippen molar-refractivity contribution in [2.45, 2.75) is 299 Å². The highest BCUT2D eigenvalue weighted by atomic mass is 16.6. The van der Waals surface area contributed by atoms with E-state index in [1.807, 2.05) is 104 Å². The quantitative estimate of drug-likeness (QED) is 0.0200. The van der Waals surface area contributed by atoms with Gasteiger partial charge < -0.3 is 83.4 Å². The number of aromatic carboxylic acids is 1. The highest BCUT2D eigenvalue weighted by Gasteiger charge is 2.31. The van der Waals surface area contributed by atoms with Crippen molar-refractivity contribution in [2.24, 2.45) is 32.5 Å². The van der Waals surface area contributed by atoms with Gasteiger partial charge in [-0.3, -0.25) is 43.2 Å². The predicted molar refractivity (Wildman–Crippen MR) is 438 cm³/mol. The van der Waals surface area contributed by atoms with E-state index < -0.39 is 74.6 Å². The molecular formula is C85H149N3O28. The molecule has 0 aromatic heterocycles. The molecule has 116 heavy (non-hydrogen) atoms. The maximum Gasteiger partial charge on any atom is 0.407 e. The van der Waals surface area contributed by atoms with Gasteiger partial charge in [-0.2, -0.15) is 0 Å². The van der Waals surface area contributed by atoms with Gasteiger partial charge in [0.1, 0.15) is 33.0 Å². The molecule has 0 radical (unpaired) electrons. The van der Waals surface area contributed by atoms with E-state index in [-0.39, 0.29) is 106 Å². The number of benzene rings is 1. The molecule has 0 saturated carbocycles. The van der Waals surface area contributed by atoms with Gasteiger partial charge in [-0.05, 0) is 211 Å². The number of hydrogen-bond acceptors (Lipinski definition) is 25. The first kappa shape index (κ1) is 116. The molecular weight excluding hydrogens is 1510 g/mol. The van der Waals surface area contributed by atoms with Crippen LogP contribution >= 0.6 is 0 Å². The third-order valence-electron chi connectivity index (χ3n) is 18.5. The van der Waals surface area contributed by atoms with Crippen molar-refractivity contribution in [1.82, 2.24) is 16.0 Å². The van der Waals surface area contributed by atoms with Crippen LogP contribution in [0, 0.1) is 32.5 Å². The van der Waals surface area contributed by atoms with Gasteiger partial charge in [-0.25, -0.2) is 24.0 Å². The number of alkyl carbamates (subject to hydrolysis) is 3. The van der Waals surface area contributed by atoms with Crippen LogP contribution in [0.4, 0.5) is 14.4 Å². The van der Waals surface area contributed by atoms with E-state index in [0.29, 0.717) is 117 Å². The molecule has 0 aliphatic heterocycles. The van der Waals surface area contributed by atoms with Crippen LogP contribution in [0.25, 0.3) is 0 Å². The van der Waals surface area contributed by atoms with Crippen molar-refractivity contribution in [2.75, 3.05) is 92.3 Å². The van der Waals surface area contributed by atoms with Gasteiger partial charge in [0.2, 0.25) is 0 Å². The van der Waals surface area contributed by atoms with Gasteiger partial charge in [-0.1, -0.05) is 93.7 Å². The maximum absolute atomic E-state index is 11.8. The summed E-state index contributed by atoms with van der Waals surface area (Å²) in [6.07, 6.45) is 16.0. The second-order valence-electron chi connectivity index (χ2n) is 30.9. The molecule has 0 aliphatic carbocycles. The van der Waals surface area contributed by atoms with Crippen LogP contribution in [0.15, 0.2) is 24.3 Å². The molecule has 0 bridgehead atoms. The van der Waals surface area contributed by atoms with Crippen LogP contribution < -0.4 is 16.0 Å². The molecule has 3 amide bonds. The average molecular weight is 1660 g/mol. The second kappa shape index (κ2) is 68.3. The van der Waals surface area contributed by atoms with Crippen LogP contribution in [0.3, 0.4) is 0 Å². The summed E-state index contributed by atoms with van der Waals surface area (Å²) in [5.74, 6) is -5.10. The van der Waals surface area contributed by atoms with Crippen LogP contribution in [0.1, 0.15) is 320 Å². The first-order valence-corrected chi connectivity index (χ1v) is 41.1. The lowest BCUT2D eigenvalue weighted by Crippen LogP contribution is -2.32. The van der Waals surface area contributed by atoms with Crippen LogP contribution in [0.5, 0.6) is 0 Å². The van der Waals surface area contributed by atoms with Gasteiger partial charge in [0, 0.05) is 19.3 Å². The minimum Gasteiger partial charge on any atom is -0.481 e. The van der Waals surface area contributed by atoms with Crippen LogP contribution in [-0.4, -0.2) is 192 Å². The number of hydrogen-bond donors (Lipinski definition) is 6. The number of carboxylic acids is 3. The highest BCUT2D eigenvalue weighted by Crippen LogP contribution is 2.25. The van der Waals surface area contributed by atoms with Crippen molar-refractivity contribution in [3.8, 4) is 0 Å². The Labute approximate surface area is 691 Å². The lowest BCUT2D eigenvalue weighted by Gasteiger charge is -2.20. The van der Waals surface area contributed by atoms with Crippen molar-refractivity contribution in [3.05, 3.63) is 35.4 Å². The first-order chi connectivity index (χ1) is 54.3. The Morgan fingerprint density at radius 1 is 0.276 bits per heavy atom. The summed E-state index contributed by atoms with van der Waals surface area (Å²) in [5, 5.41) is 33.5. The van der Waals surface area contributed by atoms with Crippen molar-refractivity contribution >= 4 is 83.9 Å². The Morgan fingerprint density at radius 3 is 0.750 bits per heavy atom. The molecule has 0 fully saturated rings. The number of unbranched alkanes of at least 4 members (excludes halogenated alkanes) is 9. The van der Waals surface area contributed by atoms with E-state index in [1.165, 1.54) is 18.2 Å². The molecule has 0 heterocycles. The molecule has 0 aliphatic rings. The Hall–Kier alpha value is -8.80. The van der Waals surface area contributed by atoms with E-state index in [1.54, 1.807) is 47.6 Å². The molecule has 31 nitrogen and oxygen atoms in total. The molecule has 0 saturated heterocycles. The number of amides is 3. The van der Waals surface area contributed by atoms with Gasteiger partial charge in [0.25, 0.3) is 0 Å². The lowest BCUT2D eigenvalue weighted by atomic mass is 9.91. The summed E-state index contributed by atoms with van der Waals surface area (Å²) in [6, 6.07) is 5.77. The van der Waals surface area contributed by atoms with E-state index in [4.69, 9.17) is 67.4 Å². The van der Waals surface area contributed by atoms with Crippen molar-refractivity contribution in [3.63, 3.8) is 0 Å². The maximum atomic E-state index is 11.8. The summed E-state index contributed by atoms with van der Waals surface area (Å²) in [6.45, 7) is 42.0. The molecule has 0 unspecified atom stereocenters. The Morgan fingerprint density at radius 2 is 0.517 bits per heavy atom. The molecule has 1 rings (SSSR count). The third-order valence-corrected chi connectivity index (χ3v) is 18.5. The fourth-order valence-corrected chi connectivity index (χ4v) is 7.25. The SMILES string of the molecule is CCC(C)(C)C(=O)O.CCC(C)(C)C(=O)O.CCC(C)(C)C(=O)OCCOC(=O)c1ccccc1C(=O)O.CCCCOC(=O)CCCCCOC(=O)NCCOC(=O)C(C)(C)CC.CCCCOC(=O)CCCCCOC(=O)NCCOC(=O)C(C)(C)CC.CCCCOC(=O)CCCCCOC(=O)NCCOC(=O)C(C)(C)CC. The van der Waals surface area contributed by atoms with E-state index >= 15 is 0 Å². The van der Waals surface area contributed by atoms with Gasteiger partial charge in [-0.15, -0.1) is 0 Å². The normalized spacial score (nSPS) is 11.0. The Bertz CT molecular complexity index is 2750. The Kier molecular flexibility index (Phi) is 68.1. The third kappa shape index (κ3) is 63.4. The summed E-state index contributed by atoms with van der Waals surface area (Å²) in [5.41, 5.74) is -3.36. The summed E-state index contributed by atoms with van der Waals surface area (Å²) < 4.78 is 55.5. The number of esters is 8. The van der Waals surface area contributed by atoms with E-state index in [0.717, 1.165) is 77.0 Å². The molecule has 1 aromatic rings. The number of rotatable bonds is 53. The van der Waals surface area contributed by atoms with Crippen LogP contribution in [-0.2, 0) is 95.3 Å². The molecule has 31 heteroatoms. The minimum absolute atomic E-state index is 0.0322. The molecule has 1 aromatic carbocycles. The molecule has 672 valence electrons. The van der Waals surface area contributed by atoms with Crippen LogP contribution in [0.2, 0.25) is 0 Å². The van der Waals surface area contributed by atoms with Gasteiger partial charge >= 0.3 is 83.9 Å².